The molecule has 10 rings (SSSR count). The molecule has 48 heavy (non-hydrogen) atoms. The maximum atomic E-state index is 2.57. The number of hydrogen-bond donors (Lipinski definition) is 0. The molecule has 0 heterocycles. The predicted octanol–water partition coefficient (Wildman–Crippen LogP) is 12.2. The van der Waals surface area contributed by atoms with Crippen molar-refractivity contribution in [2.75, 3.05) is 4.90 Å². The molecule has 7 aromatic rings. The van der Waals surface area contributed by atoms with Gasteiger partial charge in [-0.3, -0.25) is 0 Å². The van der Waals surface area contributed by atoms with E-state index in [0.29, 0.717) is 17.8 Å². The van der Waals surface area contributed by atoms with Crippen molar-refractivity contribution < 1.29 is 0 Å². The highest BCUT2D eigenvalue weighted by atomic mass is 15.1. The van der Waals surface area contributed by atoms with Crippen LogP contribution >= 0.6 is 0 Å². The summed E-state index contributed by atoms with van der Waals surface area (Å²) in [5, 5.41) is 0. The molecular weight excluding hydrogens is 579 g/mol. The third-order valence-corrected chi connectivity index (χ3v) is 11.5. The molecule has 1 heteroatoms. The fourth-order valence-electron chi connectivity index (χ4n) is 9.68. The molecule has 228 valence electrons. The highest BCUT2D eigenvalue weighted by Gasteiger charge is 2.65. The van der Waals surface area contributed by atoms with Gasteiger partial charge in [-0.2, -0.15) is 0 Å². The molecule has 0 spiro atoms. The first-order valence-electron chi connectivity index (χ1n) is 17.1. The molecule has 0 saturated carbocycles. The Labute approximate surface area is 282 Å². The molecule has 3 aliphatic carbocycles. The maximum absolute atomic E-state index is 2.57. The lowest BCUT2D eigenvalue weighted by molar-refractivity contribution is 0.288. The van der Waals surface area contributed by atoms with Gasteiger partial charge in [0.25, 0.3) is 0 Å². The number of nitrogens with zero attached hydrogens (tertiary/aromatic N) is 1. The maximum Gasteiger partial charge on any atom is 0.0503 e. The molecule has 1 nitrogen and oxygen atoms in total. The van der Waals surface area contributed by atoms with Gasteiger partial charge in [-0.15, -0.1) is 0 Å². The Morgan fingerprint density at radius 3 is 1.21 bits per heavy atom. The second kappa shape index (κ2) is 10.4. The van der Waals surface area contributed by atoms with Gasteiger partial charge in [0.15, 0.2) is 0 Å². The smallest absolute Gasteiger partial charge is 0.0503 e. The first-order valence-corrected chi connectivity index (χ1v) is 17.1. The summed E-state index contributed by atoms with van der Waals surface area (Å²) >= 11 is 0. The van der Waals surface area contributed by atoms with Crippen LogP contribution in [-0.2, 0) is 0 Å². The molecule has 0 bridgehead atoms. The summed E-state index contributed by atoms with van der Waals surface area (Å²) in [5.41, 5.74) is 17.6. The summed E-state index contributed by atoms with van der Waals surface area (Å²) in [7, 11) is 0. The van der Waals surface area contributed by atoms with Crippen LogP contribution in [0.1, 0.15) is 58.1 Å². The Hall–Kier alpha value is -5.66. The van der Waals surface area contributed by atoms with Gasteiger partial charge in [-0.05, 0) is 86.0 Å². The minimum Gasteiger partial charge on any atom is -0.310 e. The van der Waals surface area contributed by atoms with Crippen molar-refractivity contribution in [3.05, 3.63) is 209 Å². The van der Waals surface area contributed by atoms with Crippen LogP contribution in [0, 0.1) is 5.41 Å². The van der Waals surface area contributed by atoms with E-state index in [-0.39, 0.29) is 5.41 Å². The highest BCUT2D eigenvalue weighted by Crippen LogP contribution is 2.76. The van der Waals surface area contributed by atoms with Crippen molar-refractivity contribution in [1.29, 1.82) is 0 Å². The van der Waals surface area contributed by atoms with Gasteiger partial charge in [0, 0.05) is 34.5 Å². The van der Waals surface area contributed by atoms with Crippen LogP contribution < -0.4 is 4.90 Å². The topological polar surface area (TPSA) is 3.24 Å². The van der Waals surface area contributed by atoms with Crippen molar-refractivity contribution in [1.82, 2.24) is 0 Å². The molecule has 0 aliphatic heterocycles. The van der Waals surface area contributed by atoms with E-state index in [2.05, 4.69) is 188 Å². The predicted molar refractivity (Wildman–Crippen MR) is 199 cm³/mol. The molecule has 0 N–H and O–H groups in total. The van der Waals surface area contributed by atoms with Gasteiger partial charge in [0.1, 0.15) is 0 Å². The summed E-state index contributed by atoms with van der Waals surface area (Å²) in [4.78, 5) is 2.51. The fraction of sp³-hybridized carbons (Fsp3) is 0.106. The van der Waals surface area contributed by atoms with Crippen molar-refractivity contribution in [3.63, 3.8) is 0 Å². The molecule has 0 radical (unpaired) electrons. The second-order valence-corrected chi connectivity index (χ2v) is 13.9. The van der Waals surface area contributed by atoms with Crippen LogP contribution in [0.4, 0.5) is 17.1 Å². The Kier molecular flexibility index (Phi) is 5.96. The van der Waals surface area contributed by atoms with E-state index < -0.39 is 0 Å². The highest BCUT2D eigenvalue weighted by molar-refractivity contribution is 5.85. The molecular formula is C47H35N. The summed E-state index contributed by atoms with van der Waals surface area (Å²) in [6.45, 7) is 2.57. The molecule has 0 saturated heterocycles. The molecule has 4 unspecified atom stereocenters. The minimum absolute atomic E-state index is 0.0474. The van der Waals surface area contributed by atoms with E-state index in [1.165, 1.54) is 72.7 Å². The Morgan fingerprint density at radius 2 is 0.729 bits per heavy atom. The summed E-state index contributed by atoms with van der Waals surface area (Å²) in [6.07, 6.45) is 0. The molecule has 0 amide bonds. The minimum atomic E-state index is 0.0474. The van der Waals surface area contributed by atoms with Crippen LogP contribution in [0.15, 0.2) is 176 Å². The van der Waals surface area contributed by atoms with Crippen LogP contribution in [0.5, 0.6) is 0 Å². The zero-order valence-corrected chi connectivity index (χ0v) is 26.9. The average Bonchev–Trinajstić information content (AvgIpc) is 3.69. The average molecular weight is 614 g/mol. The Balaban J connectivity index is 1.19. The van der Waals surface area contributed by atoms with Gasteiger partial charge in [0.2, 0.25) is 0 Å². The number of rotatable bonds is 5. The van der Waals surface area contributed by atoms with E-state index >= 15 is 0 Å². The van der Waals surface area contributed by atoms with E-state index in [4.69, 9.17) is 0 Å². The normalized spacial score (nSPS) is 20.9. The first kappa shape index (κ1) is 27.5. The lowest BCUT2D eigenvalue weighted by Crippen LogP contribution is -2.24. The first-order chi connectivity index (χ1) is 23.7. The second-order valence-electron chi connectivity index (χ2n) is 13.9. The molecule has 0 aromatic heterocycles. The quantitative estimate of drug-likeness (QED) is 0.187. The number of benzene rings is 7. The fourth-order valence-corrected chi connectivity index (χ4v) is 9.68. The third-order valence-electron chi connectivity index (χ3n) is 11.5. The van der Waals surface area contributed by atoms with Crippen LogP contribution in [-0.4, -0.2) is 0 Å². The van der Waals surface area contributed by atoms with Gasteiger partial charge in [0.05, 0.1) is 5.69 Å². The van der Waals surface area contributed by atoms with E-state index in [1.54, 1.807) is 0 Å². The number of hydrogen-bond acceptors (Lipinski definition) is 1. The van der Waals surface area contributed by atoms with Gasteiger partial charge in [-0.1, -0.05) is 153 Å². The summed E-state index contributed by atoms with van der Waals surface area (Å²) in [5.74, 6) is 1.05. The van der Waals surface area contributed by atoms with E-state index in [0.717, 1.165) is 0 Å². The van der Waals surface area contributed by atoms with Gasteiger partial charge in [-0.25, -0.2) is 0 Å². The van der Waals surface area contributed by atoms with Gasteiger partial charge >= 0.3 is 0 Å². The Bertz CT molecular complexity index is 2210. The SMILES string of the molecule is CC12C3c4ccccc4C1c1cccc(N(c4ccc(-c5ccccc5)cc4)c4ccc(-c5ccccc5)cc4)c1C2c1ccccc13. The van der Waals surface area contributed by atoms with Crippen LogP contribution in [0.3, 0.4) is 0 Å². The Morgan fingerprint density at radius 1 is 0.354 bits per heavy atom. The largest absolute Gasteiger partial charge is 0.310 e. The van der Waals surface area contributed by atoms with Crippen LogP contribution in [0.25, 0.3) is 22.3 Å². The molecule has 0 fully saturated rings. The van der Waals surface area contributed by atoms with Crippen molar-refractivity contribution >= 4 is 17.1 Å². The third kappa shape index (κ3) is 3.79. The van der Waals surface area contributed by atoms with Crippen molar-refractivity contribution in [3.8, 4) is 22.3 Å². The monoisotopic (exact) mass is 613 g/mol. The summed E-state index contributed by atoms with van der Waals surface area (Å²) in [6, 6.07) is 65.2. The van der Waals surface area contributed by atoms with Crippen LogP contribution in [0.2, 0.25) is 0 Å². The van der Waals surface area contributed by atoms with Crippen molar-refractivity contribution in [2.45, 2.75) is 24.7 Å². The van der Waals surface area contributed by atoms with E-state index in [1.807, 2.05) is 0 Å². The zero-order chi connectivity index (χ0) is 31.8. The molecule has 7 aromatic carbocycles. The summed E-state index contributed by atoms with van der Waals surface area (Å²) < 4.78 is 0. The van der Waals surface area contributed by atoms with Crippen molar-refractivity contribution in [2.24, 2.45) is 5.41 Å². The number of fused-ring (bicyclic) bond motifs is 9. The molecule has 3 aliphatic rings. The lowest BCUT2D eigenvalue weighted by atomic mass is 9.70. The standard InChI is InChI=1S/C47H35N/c1-47-44-37-17-8-9-18-38(37)45(47)41-21-12-22-42(43(41)46(47)40-20-11-10-19-39(40)44)48(35-27-23-33(24-28-35)31-13-4-2-5-14-31)36-29-25-34(26-30-36)32-15-6-3-7-16-32/h2-30,44-46H,1H3. The molecule has 4 atom stereocenters. The lowest BCUT2D eigenvalue weighted by Gasteiger charge is -2.33. The number of anilines is 3. The zero-order valence-electron chi connectivity index (χ0n) is 26.9. The van der Waals surface area contributed by atoms with Gasteiger partial charge < -0.3 is 4.90 Å². The van der Waals surface area contributed by atoms with E-state index in [9.17, 15) is 0 Å².